The molecule has 0 aliphatic heterocycles. The van der Waals surface area contributed by atoms with Gasteiger partial charge in [0.05, 0.1) is 0 Å². The minimum atomic E-state index is 0.568. The maximum absolute atomic E-state index is 3.77. The van der Waals surface area contributed by atoms with E-state index < -0.39 is 0 Å². The zero-order valence-corrected chi connectivity index (χ0v) is 14.1. The Kier molecular flexibility index (Phi) is 6.35. The van der Waals surface area contributed by atoms with E-state index in [1.54, 1.807) is 0 Å². The molecule has 0 atom stereocenters. The molecule has 0 aromatic heterocycles. The monoisotopic (exact) mass is 280 g/mol. The Bertz CT molecular complexity index is 265. The molecular weight excluding hydrogens is 244 g/mol. The van der Waals surface area contributed by atoms with Crippen molar-refractivity contribution in [2.24, 2.45) is 17.3 Å². The molecule has 0 heterocycles. The molecule has 2 nitrogen and oxygen atoms in total. The quantitative estimate of drug-likeness (QED) is 0.689. The van der Waals surface area contributed by atoms with Gasteiger partial charge >= 0.3 is 0 Å². The fourth-order valence-corrected chi connectivity index (χ4v) is 3.76. The highest BCUT2D eigenvalue weighted by atomic mass is 15.1. The molecule has 0 unspecified atom stereocenters. The van der Waals surface area contributed by atoms with E-state index in [-0.39, 0.29) is 0 Å². The molecule has 0 saturated heterocycles. The molecule has 0 aromatic rings. The second-order valence-electron chi connectivity index (χ2n) is 7.86. The average Bonchev–Trinajstić information content (AvgIpc) is 3.22. The molecule has 0 bridgehead atoms. The summed E-state index contributed by atoms with van der Waals surface area (Å²) >= 11 is 0. The molecule has 0 aromatic carbocycles. The van der Waals surface area contributed by atoms with E-state index >= 15 is 0 Å². The van der Waals surface area contributed by atoms with Gasteiger partial charge in [-0.15, -0.1) is 0 Å². The van der Waals surface area contributed by atoms with E-state index in [9.17, 15) is 0 Å². The van der Waals surface area contributed by atoms with Gasteiger partial charge in [0, 0.05) is 19.6 Å². The molecule has 2 rings (SSSR count). The van der Waals surface area contributed by atoms with Gasteiger partial charge in [0.25, 0.3) is 0 Å². The second-order valence-corrected chi connectivity index (χ2v) is 7.86. The van der Waals surface area contributed by atoms with Gasteiger partial charge in [-0.25, -0.2) is 0 Å². The molecule has 2 saturated carbocycles. The Morgan fingerprint density at radius 1 is 1.15 bits per heavy atom. The van der Waals surface area contributed by atoms with Crippen LogP contribution in [-0.4, -0.2) is 37.6 Å². The van der Waals surface area contributed by atoms with Crippen LogP contribution in [0.25, 0.3) is 0 Å². The zero-order chi connectivity index (χ0) is 14.4. The van der Waals surface area contributed by atoms with Gasteiger partial charge in [-0.1, -0.05) is 40.0 Å². The fraction of sp³-hybridized carbons (Fsp3) is 1.00. The lowest BCUT2D eigenvalue weighted by Gasteiger charge is -2.41. The number of rotatable bonds is 9. The molecule has 1 N–H and O–H groups in total. The largest absolute Gasteiger partial charge is 0.316 e. The van der Waals surface area contributed by atoms with E-state index in [1.165, 1.54) is 77.7 Å². The molecule has 2 heteroatoms. The molecule has 2 aliphatic carbocycles. The van der Waals surface area contributed by atoms with Crippen LogP contribution < -0.4 is 5.32 Å². The lowest BCUT2D eigenvalue weighted by atomic mass is 9.73. The molecule has 20 heavy (non-hydrogen) atoms. The van der Waals surface area contributed by atoms with Crippen LogP contribution in [0.2, 0.25) is 0 Å². The third-order valence-electron chi connectivity index (χ3n) is 5.19. The van der Waals surface area contributed by atoms with E-state index in [1.807, 2.05) is 0 Å². The van der Waals surface area contributed by atoms with Gasteiger partial charge in [0.2, 0.25) is 0 Å². The van der Waals surface area contributed by atoms with E-state index in [0.717, 1.165) is 11.8 Å². The Hall–Kier alpha value is -0.0800. The van der Waals surface area contributed by atoms with Crippen molar-refractivity contribution in [3.8, 4) is 0 Å². The average molecular weight is 280 g/mol. The van der Waals surface area contributed by atoms with Crippen molar-refractivity contribution in [3.05, 3.63) is 0 Å². The SMILES string of the molecule is CCN(CC1CC1)CC1(CNCC(C)C)CCCCC1. The van der Waals surface area contributed by atoms with Gasteiger partial charge in [-0.2, -0.15) is 0 Å². The summed E-state index contributed by atoms with van der Waals surface area (Å²) in [5.74, 6) is 1.79. The fourth-order valence-electron chi connectivity index (χ4n) is 3.76. The van der Waals surface area contributed by atoms with Crippen molar-refractivity contribution in [3.63, 3.8) is 0 Å². The first-order valence-corrected chi connectivity index (χ1v) is 9.06. The predicted molar refractivity (Wildman–Crippen MR) is 88.1 cm³/mol. The number of nitrogens with one attached hydrogen (secondary N) is 1. The summed E-state index contributed by atoms with van der Waals surface area (Å²) in [6.07, 6.45) is 10.2. The van der Waals surface area contributed by atoms with E-state index in [2.05, 4.69) is 31.0 Å². The Morgan fingerprint density at radius 3 is 2.40 bits per heavy atom. The van der Waals surface area contributed by atoms with Gasteiger partial charge < -0.3 is 10.2 Å². The minimum absolute atomic E-state index is 0.568. The second kappa shape index (κ2) is 7.79. The summed E-state index contributed by atoms with van der Waals surface area (Å²) in [5, 5.41) is 3.77. The maximum Gasteiger partial charge on any atom is 0.00501 e. The molecule has 2 fully saturated rings. The van der Waals surface area contributed by atoms with Crippen molar-refractivity contribution < 1.29 is 0 Å². The molecule has 2 aliphatic rings. The van der Waals surface area contributed by atoms with Crippen molar-refractivity contribution in [2.75, 3.05) is 32.7 Å². The van der Waals surface area contributed by atoms with Gasteiger partial charge in [0.15, 0.2) is 0 Å². The van der Waals surface area contributed by atoms with Crippen LogP contribution in [0.1, 0.15) is 65.7 Å². The van der Waals surface area contributed by atoms with Crippen LogP contribution in [0.3, 0.4) is 0 Å². The highest BCUT2D eigenvalue weighted by Crippen LogP contribution is 2.38. The standard InChI is InChI=1S/C18H36N2/c1-4-20(13-17-8-9-17)15-18(10-6-5-7-11-18)14-19-12-16(2)3/h16-17,19H,4-15H2,1-3H3. The van der Waals surface area contributed by atoms with Crippen molar-refractivity contribution in [2.45, 2.75) is 65.7 Å². The Labute approximate surface area is 126 Å². The van der Waals surface area contributed by atoms with Crippen molar-refractivity contribution >= 4 is 0 Å². The topological polar surface area (TPSA) is 15.3 Å². The molecular formula is C18H36N2. The normalized spacial score (nSPS) is 22.6. The van der Waals surface area contributed by atoms with E-state index in [0.29, 0.717) is 5.41 Å². The maximum atomic E-state index is 3.77. The molecule has 118 valence electrons. The van der Waals surface area contributed by atoms with Crippen LogP contribution in [0.5, 0.6) is 0 Å². The smallest absolute Gasteiger partial charge is 0.00501 e. The van der Waals surface area contributed by atoms with Crippen LogP contribution >= 0.6 is 0 Å². The van der Waals surface area contributed by atoms with Crippen LogP contribution in [0, 0.1) is 17.3 Å². The van der Waals surface area contributed by atoms with Crippen LogP contribution in [0.4, 0.5) is 0 Å². The third kappa shape index (κ3) is 5.37. The predicted octanol–water partition coefficient (Wildman–Crippen LogP) is 3.91. The van der Waals surface area contributed by atoms with Gasteiger partial charge in [-0.3, -0.25) is 0 Å². The third-order valence-corrected chi connectivity index (χ3v) is 5.19. The summed E-state index contributed by atoms with van der Waals surface area (Å²) in [6, 6.07) is 0. The van der Waals surface area contributed by atoms with Crippen molar-refractivity contribution in [1.29, 1.82) is 0 Å². The molecule has 0 amide bonds. The Balaban J connectivity index is 1.86. The summed E-state index contributed by atoms with van der Waals surface area (Å²) in [7, 11) is 0. The summed E-state index contributed by atoms with van der Waals surface area (Å²) in [5.41, 5.74) is 0.568. The van der Waals surface area contributed by atoms with Gasteiger partial charge in [-0.05, 0) is 56.0 Å². The molecule has 0 spiro atoms. The number of nitrogens with zero attached hydrogens (tertiary/aromatic N) is 1. The minimum Gasteiger partial charge on any atom is -0.316 e. The van der Waals surface area contributed by atoms with E-state index in [4.69, 9.17) is 0 Å². The summed E-state index contributed by atoms with van der Waals surface area (Å²) < 4.78 is 0. The highest BCUT2D eigenvalue weighted by Gasteiger charge is 2.34. The highest BCUT2D eigenvalue weighted by molar-refractivity contribution is 4.89. The van der Waals surface area contributed by atoms with Gasteiger partial charge in [0.1, 0.15) is 0 Å². The van der Waals surface area contributed by atoms with Crippen LogP contribution in [-0.2, 0) is 0 Å². The molecule has 0 radical (unpaired) electrons. The van der Waals surface area contributed by atoms with Crippen molar-refractivity contribution in [1.82, 2.24) is 10.2 Å². The first-order valence-electron chi connectivity index (χ1n) is 9.06. The van der Waals surface area contributed by atoms with Crippen LogP contribution in [0.15, 0.2) is 0 Å². The Morgan fingerprint density at radius 2 is 1.85 bits per heavy atom. The summed E-state index contributed by atoms with van der Waals surface area (Å²) in [6.45, 7) is 13.3. The lowest BCUT2D eigenvalue weighted by molar-refractivity contribution is 0.101. The first kappa shape index (κ1) is 16.3. The lowest BCUT2D eigenvalue weighted by Crippen LogP contribution is -2.46. The first-order chi connectivity index (χ1) is 9.63. The number of hydrogen-bond acceptors (Lipinski definition) is 2. The summed E-state index contributed by atoms with van der Waals surface area (Å²) in [4.78, 5) is 2.75. The zero-order valence-electron chi connectivity index (χ0n) is 14.1. The number of hydrogen-bond donors (Lipinski definition) is 1.